The van der Waals surface area contributed by atoms with Crippen LogP contribution >= 0.6 is 20.9 Å². The zero-order chi connectivity index (χ0) is 10.6. The lowest BCUT2D eigenvalue weighted by atomic mass is 10.2. The molecule has 0 aliphatic rings. The predicted octanol–water partition coefficient (Wildman–Crippen LogP) is 0.328. The highest BCUT2D eigenvalue weighted by Gasteiger charge is 2.23. The van der Waals surface area contributed by atoms with Crippen LogP contribution in [0, 0.1) is 0 Å². The maximum atomic E-state index is 10.6. The first-order valence-electron chi connectivity index (χ1n) is 3.40. The Morgan fingerprint density at radius 2 is 1.92 bits per heavy atom. The van der Waals surface area contributed by atoms with Crippen molar-refractivity contribution in [3.05, 3.63) is 0 Å². The monoisotopic (exact) mass is 227 g/mol. The first kappa shape index (κ1) is 12.6. The van der Waals surface area contributed by atoms with Gasteiger partial charge in [0.15, 0.2) is 0 Å². The molecule has 0 aromatic rings. The molecular formula is C6H13NO4S2. The van der Waals surface area contributed by atoms with Gasteiger partial charge < -0.3 is 10.2 Å². The van der Waals surface area contributed by atoms with Gasteiger partial charge in [-0.15, -0.1) is 20.9 Å². The van der Waals surface area contributed by atoms with Crippen LogP contribution in [0.1, 0.15) is 6.42 Å². The second-order valence-electron chi connectivity index (χ2n) is 2.88. The van der Waals surface area contributed by atoms with Crippen molar-refractivity contribution < 1.29 is 19.8 Å². The molecule has 7 heteroatoms. The average molecular weight is 227 g/mol. The van der Waals surface area contributed by atoms with Crippen molar-refractivity contribution >= 4 is 32.8 Å². The van der Waals surface area contributed by atoms with Gasteiger partial charge >= 0.3 is 11.9 Å². The molecule has 1 unspecified atom stereocenters. The predicted molar refractivity (Wildman–Crippen MR) is 55.2 cm³/mol. The molecule has 0 saturated heterocycles. The van der Waals surface area contributed by atoms with Crippen molar-refractivity contribution in [2.75, 3.05) is 12.5 Å². The van der Waals surface area contributed by atoms with Crippen LogP contribution in [0.15, 0.2) is 0 Å². The summed E-state index contributed by atoms with van der Waals surface area (Å²) in [5, 5.41) is 17.0. The Morgan fingerprint density at radius 1 is 1.46 bits per heavy atom. The van der Waals surface area contributed by atoms with E-state index in [2.05, 4.69) is 16.4 Å². The summed E-state index contributed by atoms with van der Waals surface area (Å²) in [5.41, 5.74) is 0. The van der Waals surface area contributed by atoms with Gasteiger partial charge in [-0.05, 0) is 12.5 Å². The average Bonchev–Trinajstić information content (AvgIpc) is 1.81. The lowest BCUT2D eigenvalue weighted by Crippen LogP contribution is -2.38. The Kier molecular flexibility index (Phi) is 4.58. The van der Waals surface area contributed by atoms with E-state index in [0.29, 0.717) is 0 Å². The minimum atomic E-state index is -1.51. The summed E-state index contributed by atoms with van der Waals surface area (Å²) in [6.45, 7) is 0. The van der Waals surface area contributed by atoms with E-state index in [4.69, 9.17) is 10.2 Å². The van der Waals surface area contributed by atoms with Gasteiger partial charge in [-0.2, -0.15) is 0 Å². The molecule has 13 heavy (non-hydrogen) atoms. The summed E-state index contributed by atoms with van der Waals surface area (Å²) >= 11 is 4.13. The van der Waals surface area contributed by atoms with Crippen LogP contribution in [0.3, 0.4) is 0 Å². The van der Waals surface area contributed by atoms with E-state index < -0.39 is 33.6 Å². The molecule has 0 radical (unpaired) electrons. The van der Waals surface area contributed by atoms with Gasteiger partial charge in [0.1, 0.15) is 6.04 Å². The summed E-state index contributed by atoms with van der Waals surface area (Å²) in [7, 11) is -1.51. The number of thiol groups is 1. The second kappa shape index (κ2) is 4.73. The van der Waals surface area contributed by atoms with Crippen LogP contribution < -0.4 is 4.72 Å². The van der Waals surface area contributed by atoms with Crippen LogP contribution in [0.5, 0.6) is 0 Å². The van der Waals surface area contributed by atoms with Gasteiger partial charge in [-0.25, -0.2) is 0 Å². The van der Waals surface area contributed by atoms with E-state index in [1.165, 1.54) is 0 Å². The molecule has 5 nitrogen and oxygen atoms in total. The van der Waals surface area contributed by atoms with Crippen molar-refractivity contribution in [2.45, 2.75) is 12.5 Å². The van der Waals surface area contributed by atoms with Crippen LogP contribution in [0.4, 0.5) is 0 Å². The van der Waals surface area contributed by atoms with Crippen LogP contribution in [-0.2, 0) is 9.59 Å². The molecule has 0 spiro atoms. The van der Waals surface area contributed by atoms with Crippen LogP contribution in [0.25, 0.3) is 0 Å². The molecule has 0 amide bonds. The normalized spacial score (nSPS) is 15.0. The number of rotatable bonds is 5. The van der Waals surface area contributed by atoms with Gasteiger partial charge in [0.05, 0.1) is 6.42 Å². The highest BCUT2D eigenvalue weighted by Crippen LogP contribution is 2.40. The number of carboxylic acid groups (broad SMARTS) is 2. The van der Waals surface area contributed by atoms with Crippen molar-refractivity contribution in [3.8, 4) is 0 Å². The van der Waals surface area contributed by atoms with Crippen LogP contribution in [-0.4, -0.2) is 40.7 Å². The van der Waals surface area contributed by atoms with E-state index in [1.807, 2.05) is 0 Å². The zero-order valence-electron chi connectivity index (χ0n) is 7.35. The minimum absolute atomic E-state index is 0.438. The molecule has 0 heterocycles. The van der Waals surface area contributed by atoms with Gasteiger partial charge in [0.2, 0.25) is 0 Å². The maximum Gasteiger partial charge on any atom is 0.322 e. The van der Waals surface area contributed by atoms with Gasteiger partial charge in [-0.1, -0.05) is 0 Å². The Labute approximate surface area is 82.8 Å². The molecule has 0 fully saturated rings. The fourth-order valence-electron chi connectivity index (χ4n) is 0.702. The lowest BCUT2D eigenvalue weighted by Gasteiger charge is -2.28. The summed E-state index contributed by atoms with van der Waals surface area (Å²) in [6.07, 6.45) is 3.02. The molecule has 1 atom stereocenters. The first-order chi connectivity index (χ1) is 5.72. The number of nitrogens with one attached hydrogen (secondary N) is 1. The standard InChI is InChI=1S/C6H13NO4S2/c1-13(2,12)7-4(6(10)11)3-5(8)9/h4,7,12H,3H2,1-2H3,(H,8,9)(H,10,11). The number of hydrogen-bond donors (Lipinski definition) is 4. The summed E-state index contributed by atoms with van der Waals surface area (Å²) in [6, 6.07) is -1.07. The number of aliphatic carboxylic acids is 2. The number of carbonyl (C=O) groups is 2. The van der Waals surface area contributed by atoms with Crippen molar-refractivity contribution in [3.63, 3.8) is 0 Å². The first-order valence-corrected chi connectivity index (χ1v) is 6.90. The topological polar surface area (TPSA) is 86.6 Å². The molecule has 3 N–H and O–H groups in total. The molecule has 0 aliphatic carbocycles. The fraction of sp³-hybridized carbons (Fsp3) is 0.667. The third-order valence-corrected chi connectivity index (χ3v) is 2.29. The fourth-order valence-corrected chi connectivity index (χ4v) is 1.96. The highest BCUT2D eigenvalue weighted by molar-refractivity contribution is 8.86. The molecule has 0 aromatic heterocycles. The van der Waals surface area contributed by atoms with E-state index in [0.717, 1.165) is 0 Å². The summed E-state index contributed by atoms with van der Waals surface area (Å²) in [4.78, 5) is 20.8. The van der Waals surface area contributed by atoms with E-state index in [1.54, 1.807) is 12.5 Å². The molecule has 0 aliphatic heterocycles. The second-order valence-corrected chi connectivity index (χ2v) is 8.40. The van der Waals surface area contributed by atoms with E-state index in [-0.39, 0.29) is 0 Å². The van der Waals surface area contributed by atoms with E-state index in [9.17, 15) is 9.59 Å². The Balaban J connectivity index is 4.27. The SMILES string of the molecule is CS(C)(S)NC(CC(=O)O)C(=O)O. The molecule has 0 rings (SSSR count). The molecular weight excluding hydrogens is 214 g/mol. The van der Waals surface area contributed by atoms with Crippen molar-refractivity contribution in [2.24, 2.45) is 0 Å². The lowest BCUT2D eigenvalue weighted by molar-refractivity contribution is -0.145. The van der Waals surface area contributed by atoms with Crippen LogP contribution in [0.2, 0.25) is 0 Å². The zero-order valence-corrected chi connectivity index (χ0v) is 9.06. The maximum absolute atomic E-state index is 10.6. The summed E-state index contributed by atoms with van der Waals surface area (Å²) < 4.78 is 2.65. The Morgan fingerprint density at radius 3 is 2.15 bits per heavy atom. The van der Waals surface area contributed by atoms with E-state index >= 15 is 0 Å². The minimum Gasteiger partial charge on any atom is -0.481 e. The van der Waals surface area contributed by atoms with Crippen molar-refractivity contribution in [1.82, 2.24) is 4.72 Å². The highest BCUT2D eigenvalue weighted by atomic mass is 33.1. The molecule has 0 saturated carbocycles. The van der Waals surface area contributed by atoms with Gasteiger partial charge in [-0.3, -0.25) is 14.3 Å². The quantitative estimate of drug-likeness (QED) is 0.401. The molecule has 0 aromatic carbocycles. The Hall–Kier alpha value is -0.400. The third-order valence-electron chi connectivity index (χ3n) is 1.11. The van der Waals surface area contributed by atoms with Gasteiger partial charge in [0.25, 0.3) is 0 Å². The van der Waals surface area contributed by atoms with Crippen molar-refractivity contribution in [1.29, 1.82) is 0 Å². The summed E-state index contributed by atoms with van der Waals surface area (Å²) in [5.74, 6) is -2.31. The number of hydrogen-bond acceptors (Lipinski definition) is 4. The largest absolute Gasteiger partial charge is 0.481 e. The van der Waals surface area contributed by atoms with Gasteiger partial charge in [0, 0.05) is 0 Å². The Bertz CT molecular complexity index is 213. The number of carboxylic acids is 2. The smallest absolute Gasteiger partial charge is 0.322 e. The third kappa shape index (κ3) is 6.73. The molecule has 78 valence electrons. The molecule has 0 bridgehead atoms.